The predicted molar refractivity (Wildman–Crippen MR) is 52.6 cm³/mol. The van der Waals surface area contributed by atoms with E-state index in [2.05, 4.69) is 13.0 Å². The van der Waals surface area contributed by atoms with Crippen molar-refractivity contribution in [2.45, 2.75) is 26.2 Å². The molecule has 2 heteroatoms. The summed E-state index contributed by atoms with van der Waals surface area (Å²) in [5, 5.41) is 0. The maximum atomic E-state index is 5.78. The molecular formula is C10H17ClO. The molecule has 0 saturated carbocycles. The standard InChI is InChI=1S/C10H17ClO/c1-2-9(7-11)6-10-4-3-5-12-8-10/h6,10H,2-5,7-8H2,1H3. The lowest BCUT2D eigenvalue weighted by atomic mass is 9.99. The topological polar surface area (TPSA) is 9.23 Å². The summed E-state index contributed by atoms with van der Waals surface area (Å²) in [6.45, 7) is 3.98. The average molecular weight is 189 g/mol. The lowest BCUT2D eigenvalue weighted by molar-refractivity contribution is 0.0707. The van der Waals surface area contributed by atoms with Crippen LogP contribution < -0.4 is 0 Å². The average Bonchev–Trinajstić information content (AvgIpc) is 2.16. The van der Waals surface area contributed by atoms with E-state index >= 15 is 0 Å². The second kappa shape index (κ2) is 5.60. The summed E-state index contributed by atoms with van der Waals surface area (Å²) in [5.41, 5.74) is 1.35. The van der Waals surface area contributed by atoms with Crippen LogP contribution in [-0.4, -0.2) is 19.1 Å². The molecular weight excluding hydrogens is 172 g/mol. The van der Waals surface area contributed by atoms with Gasteiger partial charge in [0, 0.05) is 18.4 Å². The predicted octanol–water partition coefficient (Wildman–Crippen LogP) is 2.99. The van der Waals surface area contributed by atoms with Gasteiger partial charge < -0.3 is 4.74 Å². The van der Waals surface area contributed by atoms with Gasteiger partial charge in [-0.25, -0.2) is 0 Å². The molecule has 1 aliphatic rings. The highest BCUT2D eigenvalue weighted by Crippen LogP contribution is 2.18. The third-order valence-electron chi connectivity index (χ3n) is 2.29. The number of alkyl halides is 1. The van der Waals surface area contributed by atoms with Crippen molar-refractivity contribution in [3.8, 4) is 0 Å². The molecule has 0 amide bonds. The van der Waals surface area contributed by atoms with Crippen molar-refractivity contribution in [3.05, 3.63) is 11.6 Å². The van der Waals surface area contributed by atoms with Gasteiger partial charge >= 0.3 is 0 Å². The van der Waals surface area contributed by atoms with Crippen LogP contribution in [-0.2, 0) is 4.74 Å². The summed E-state index contributed by atoms with van der Waals surface area (Å²) in [5.74, 6) is 1.29. The third-order valence-corrected chi connectivity index (χ3v) is 2.64. The van der Waals surface area contributed by atoms with Crippen molar-refractivity contribution in [2.24, 2.45) is 5.92 Å². The van der Waals surface area contributed by atoms with Crippen molar-refractivity contribution < 1.29 is 4.74 Å². The van der Waals surface area contributed by atoms with E-state index in [0.717, 1.165) is 19.6 Å². The van der Waals surface area contributed by atoms with E-state index in [1.165, 1.54) is 18.4 Å². The fraction of sp³-hybridized carbons (Fsp3) is 0.800. The summed E-state index contributed by atoms with van der Waals surface area (Å²) in [7, 11) is 0. The molecule has 0 N–H and O–H groups in total. The molecule has 1 aliphatic heterocycles. The third kappa shape index (κ3) is 3.16. The Bertz CT molecular complexity index is 142. The molecule has 0 aromatic heterocycles. The molecule has 1 fully saturated rings. The van der Waals surface area contributed by atoms with Gasteiger partial charge in [-0.05, 0) is 19.3 Å². The zero-order chi connectivity index (χ0) is 8.81. The molecule has 1 saturated heterocycles. The molecule has 0 aromatic rings. The molecule has 0 aromatic carbocycles. The summed E-state index contributed by atoms with van der Waals surface area (Å²) < 4.78 is 5.38. The first-order valence-electron chi connectivity index (χ1n) is 4.70. The summed E-state index contributed by atoms with van der Waals surface area (Å²) in [6, 6.07) is 0. The highest BCUT2D eigenvalue weighted by molar-refractivity contribution is 6.19. The summed E-state index contributed by atoms with van der Waals surface area (Å²) >= 11 is 5.78. The second-order valence-corrected chi connectivity index (χ2v) is 3.56. The molecule has 70 valence electrons. The Hall–Kier alpha value is -0.0100. The van der Waals surface area contributed by atoms with E-state index < -0.39 is 0 Å². The van der Waals surface area contributed by atoms with Crippen molar-refractivity contribution >= 4 is 11.6 Å². The first-order chi connectivity index (χ1) is 5.86. The normalized spacial score (nSPS) is 25.8. The maximum absolute atomic E-state index is 5.78. The van der Waals surface area contributed by atoms with Crippen LogP contribution >= 0.6 is 11.6 Å². The maximum Gasteiger partial charge on any atom is 0.0528 e. The van der Waals surface area contributed by atoms with Crippen LogP contribution in [0, 0.1) is 5.92 Å². The second-order valence-electron chi connectivity index (χ2n) is 3.29. The van der Waals surface area contributed by atoms with Crippen LogP contribution in [0.5, 0.6) is 0 Å². The first-order valence-corrected chi connectivity index (χ1v) is 5.23. The van der Waals surface area contributed by atoms with Crippen LogP contribution in [0.15, 0.2) is 11.6 Å². The first kappa shape index (κ1) is 10.1. The summed E-state index contributed by atoms with van der Waals surface area (Å²) in [4.78, 5) is 0. The van der Waals surface area contributed by atoms with Gasteiger partial charge in [0.15, 0.2) is 0 Å². The minimum atomic E-state index is 0.618. The fourth-order valence-corrected chi connectivity index (χ4v) is 1.77. The number of hydrogen-bond donors (Lipinski definition) is 0. The fourth-order valence-electron chi connectivity index (χ4n) is 1.49. The van der Waals surface area contributed by atoms with Gasteiger partial charge in [0.2, 0.25) is 0 Å². The van der Waals surface area contributed by atoms with Crippen LogP contribution in [0.1, 0.15) is 26.2 Å². The van der Waals surface area contributed by atoms with Crippen molar-refractivity contribution in [1.29, 1.82) is 0 Å². The zero-order valence-electron chi connectivity index (χ0n) is 7.68. The molecule has 1 nitrogen and oxygen atoms in total. The lowest BCUT2D eigenvalue weighted by Crippen LogP contribution is -2.15. The number of hydrogen-bond acceptors (Lipinski definition) is 1. The molecule has 0 spiro atoms. The van der Waals surface area contributed by atoms with E-state index in [1.54, 1.807) is 0 Å². The highest BCUT2D eigenvalue weighted by Gasteiger charge is 2.11. The minimum absolute atomic E-state index is 0.618. The smallest absolute Gasteiger partial charge is 0.0528 e. The van der Waals surface area contributed by atoms with E-state index in [1.807, 2.05) is 0 Å². The van der Waals surface area contributed by atoms with Crippen molar-refractivity contribution in [2.75, 3.05) is 19.1 Å². The molecule has 1 heterocycles. The molecule has 1 atom stereocenters. The van der Waals surface area contributed by atoms with E-state index in [-0.39, 0.29) is 0 Å². The van der Waals surface area contributed by atoms with Gasteiger partial charge in [-0.15, -0.1) is 11.6 Å². The monoisotopic (exact) mass is 188 g/mol. The number of allylic oxidation sites excluding steroid dienone is 1. The quantitative estimate of drug-likeness (QED) is 0.489. The Balaban J connectivity index is 2.39. The SMILES string of the molecule is CCC(=CC1CCCOC1)CCl. The molecule has 1 unspecified atom stereocenters. The lowest BCUT2D eigenvalue weighted by Gasteiger charge is -2.19. The molecule has 1 rings (SSSR count). The van der Waals surface area contributed by atoms with E-state index in [0.29, 0.717) is 11.8 Å². The minimum Gasteiger partial charge on any atom is -0.381 e. The number of rotatable bonds is 3. The Morgan fingerprint density at radius 3 is 3.00 bits per heavy atom. The number of halogens is 1. The van der Waals surface area contributed by atoms with Crippen LogP contribution in [0.2, 0.25) is 0 Å². The Labute approximate surface area is 79.7 Å². The van der Waals surface area contributed by atoms with Crippen molar-refractivity contribution in [1.82, 2.24) is 0 Å². The largest absolute Gasteiger partial charge is 0.381 e. The van der Waals surface area contributed by atoms with Crippen LogP contribution in [0.25, 0.3) is 0 Å². The molecule has 0 radical (unpaired) electrons. The van der Waals surface area contributed by atoms with Gasteiger partial charge in [-0.1, -0.05) is 18.6 Å². The summed E-state index contributed by atoms with van der Waals surface area (Å²) in [6.07, 6.45) is 5.83. The van der Waals surface area contributed by atoms with Gasteiger partial charge in [-0.2, -0.15) is 0 Å². The Morgan fingerprint density at radius 2 is 2.50 bits per heavy atom. The van der Waals surface area contributed by atoms with E-state index in [9.17, 15) is 0 Å². The van der Waals surface area contributed by atoms with Crippen LogP contribution in [0.4, 0.5) is 0 Å². The molecule has 0 aliphatic carbocycles. The molecule has 0 bridgehead atoms. The zero-order valence-corrected chi connectivity index (χ0v) is 8.44. The van der Waals surface area contributed by atoms with Gasteiger partial charge in [0.05, 0.1) is 6.61 Å². The Kier molecular flexibility index (Phi) is 4.70. The Morgan fingerprint density at radius 1 is 1.67 bits per heavy atom. The molecule has 12 heavy (non-hydrogen) atoms. The van der Waals surface area contributed by atoms with Gasteiger partial charge in [0.1, 0.15) is 0 Å². The van der Waals surface area contributed by atoms with Crippen molar-refractivity contribution in [3.63, 3.8) is 0 Å². The van der Waals surface area contributed by atoms with Crippen LogP contribution in [0.3, 0.4) is 0 Å². The van der Waals surface area contributed by atoms with Gasteiger partial charge in [0.25, 0.3) is 0 Å². The number of ether oxygens (including phenoxy) is 1. The van der Waals surface area contributed by atoms with E-state index in [4.69, 9.17) is 16.3 Å². The highest BCUT2D eigenvalue weighted by atomic mass is 35.5. The van der Waals surface area contributed by atoms with Gasteiger partial charge in [-0.3, -0.25) is 0 Å².